The van der Waals surface area contributed by atoms with Gasteiger partial charge in [0.2, 0.25) is 0 Å². The lowest BCUT2D eigenvalue weighted by molar-refractivity contribution is 0.102. The number of anilines is 2. The zero-order valence-corrected chi connectivity index (χ0v) is 11.8. The Labute approximate surface area is 123 Å². The van der Waals surface area contributed by atoms with Gasteiger partial charge in [-0.3, -0.25) is 4.79 Å². The van der Waals surface area contributed by atoms with E-state index in [4.69, 9.17) is 5.11 Å². The van der Waals surface area contributed by atoms with Crippen molar-refractivity contribution in [2.45, 2.75) is 0 Å². The van der Waals surface area contributed by atoms with Gasteiger partial charge in [0.25, 0.3) is 5.91 Å². The highest BCUT2D eigenvalue weighted by Gasteiger charge is 2.07. The van der Waals surface area contributed by atoms with Gasteiger partial charge in [-0.2, -0.15) is 0 Å². The SMILES string of the molecule is CN(CCO)c1ccc(NC(=O)c2cccc(O)c2)cc1. The molecule has 0 aliphatic rings. The average Bonchev–Trinajstić information content (AvgIpc) is 2.48. The number of hydrogen-bond acceptors (Lipinski definition) is 4. The molecule has 0 unspecified atom stereocenters. The van der Waals surface area contributed by atoms with Crippen molar-refractivity contribution in [1.82, 2.24) is 0 Å². The van der Waals surface area contributed by atoms with Gasteiger partial charge in [-0.15, -0.1) is 0 Å². The molecule has 110 valence electrons. The first-order valence-corrected chi connectivity index (χ1v) is 6.62. The normalized spacial score (nSPS) is 10.2. The number of phenols is 1. The second-order valence-electron chi connectivity index (χ2n) is 4.70. The van der Waals surface area contributed by atoms with Crippen LogP contribution in [0.15, 0.2) is 48.5 Å². The molecule has 2 rings (SSSR count). The molecule has 0 aliphatic heterocycles. The van der Waals surface area contributed by atoms with Crippen molar-refractivity contribution < 1.29 is 15.0 Å². The maximum Gasteiger partial charge on any atom is 0.255 e. The molecule has 0 fully saturated rings. The van der Waals surface area contributed by atoms with E-state index < -0.39 is 0 Å². The molecule has 3 N–H and O–H groups in total. The van der Waals surface area contributed by atoms with Crippen LogP contribution in [0, 0.1) is 0 Å². The third-order valence-electron chi connectivity index (χ3n) is 3.11. The van der Waals surface area contributed by atoms with Crippen LogP contribution >= 0.6 is 0 Å². The molecule has 5 nitrogen and oxygen atoms in total. The van der Waals surface area contributed by atoms with Gasteiger partial charge in [-0.25, -0.2) is 0 Å². The molecule has 2 aromatic rings. The molecule has 2 aromatic carbocycles. The molecular formula is C16H18N2O3. The molecule has 0 saturated heterocycles. The predicted octanol–water partition coefficient (Wildman–Crippen LogP) is 2.07. The maximum absolute atomic E-state index is 12.0. The Morgan fingerprint density at radius 3 is 2.52 bits per heavy atom. The number of aromatic hydroxyl groups is 1. The molecule has 21 heavy (non-hydrogen) atoms. The lowest BCUT2D eigenvalue weighted by Gasteiger charge is -2.18. The van der Waals surface area contributed by atoms with E-state index in [-0.39, 0.29) is 18.3 Å². The zero-order valence-electron chi connectivity index (χ0n) is 11.8. The summed E-state index contributed by atoms with van der Waals surface area (Å²) >= 11 is 0. The summed E-state index contributed by atoms with van der Waals surface area (Å²) in [5, 5.41) is 21.0. The van der Waals surface area contributed by atoms with Crippen LogP contribution in [0.2, 0.25) is 0 Å². The van der Waals surface area contributed by atoms with Crippen LogP contribution in [-0.4, -0.2) is 36.3 Å². The summed E-state index contributed by atoms with van der Waals surface area (Å²) < 4.78 is 0. The van der Waals surface area contributed by atoms with Crippen molar-refractivity contribution in [3.8, 4) is 5.75 Å². The molecule has 5 heteroatoms. The molecule has 0 atom stereocenters. The summed E-state index contributed by atoms with van der Waals surface area (Å²) in [4.78, 5) is 13.9. The Hall–Kier alpha value is -2.53. The minimum Gasteiger partial charge on any atom is -0.508 e. The summed E-state index contributed by atoms with van der Waals surface area (Å²) in [6.45, 7) is 0.640. The van der Waals surface area contributed by atoms with E-state index in [0.717, 1.165) is 5.69 Å². The Bertz CT molecular complexity index is 611. The summed E-state index contributed by atoms with van der Waals surface area (Å²) in [5.41, 5.74) is 2.03. The van der Waals surface area contributed by atoms with Crippen molar-refractivity contribution in [3.63, 3.8) is 0 Å². The predicted molar refractivity (Wildman–Crippen MR) is 82.9 cm³/mol. The highest BCUT2D eigenvalue weighted by atomic mass is 16.3. The number of aliphatic hydroxyl groups is 1. The fraction of sp³-hybridized carbons (Fsp3) is 0.188. The van der Waals surface area contributed by atoms with E-state index in [2.05, 4.69) is 5.32 Å². The third-order valence-corrected chi connectivity index (χ3v) is 3.11. The van der Waals surface area contributed by atoms with Gasteiger partial charge in [-0.05, 0) is 42.5 Å². The van der Waals surface area contributed by atoms with Crippen LogP contribution < -0.4 is 10.2 Å². The zero-order chi connectivity index (χ0) is 15.2. The number of amides is 1. The molecule has 0 spiro atoms. The molecule has 0 bridgehead atoms. The van der Waals surface area contributed by atoms with Gasteiger partial charge in [-0.1, -0.05) is 6.07 Å². The number of benzene rings is 2. The Morgan fingerprint density at radius 2 is 1.90 bits per heavy atom. The molecule has 0 radical (unpaired) electrons. The first-order chi connectivity index (χ1) is 10.1. The quantitative estimate of drug-likeness (QED) is 0.787. The van der Waals surface area contributed by atoms with Crippen molar-refractivity contribution in [3.05, 3.63) is 54.1 Å². The lowest BCUT2D eigenvalue weighted by atomic mass is 10.2. The molecular weight excluding hydrogens is 268 g/mol. The first kappa shape index (κ1) is 14.9. The number of nitrogens with one attached hydrogen (secondary N) is 1. The largest absolute Gasteiger partial charge is 0.508 e. The lowest BCUT2D eigenvalue weighted by Crippen LogP contribution is -2.21. The van der Waals surface area contributed by atoms with Crippen LogP contribution in [0.4, 0.5) is 11.4 Å². The first-order valence-electron chi connectivity index (χ1n) is 6.62. The molecule has 0 aromatic heterocycles. The molecule has 0 saturated carbocycles. The monoisotopic (exact) mass is 286 g/mol. The number of aliphatic hydroxyl groups excluding tert-OH is 1. The van der Waals surface area contributed by atoms with Gasteiger partial charge < -0.3 is 20.4 Å². The number of nitrogens with zero attached hydrogens (tertiary/aromatic N) is 1. The maximum atomic E-state index is 12.0. The Balaban J connectivity index is 2.05. The van der Waals surface area contributed by atoms with Crippen LogP contribution in [-0.2, 0) is 0 Å². The van der Waals surface area contributed by atoms with Crippen molar-refractivity contribution in [1.29, 1.82) is 0 Å². The highest BCUT2D eigenvalue weighted by Crippen LogP contribution is 2.18. The molecule has 0 heterocycles. The number of hydrogen-bond donors (Lipinski definition) is 3. The second-order valence-corrected chi connectivity index (χ2v) is 4.70. The number of carbonyl (C=O) groups excluding carboxylic acids is 1. The van der Waals surface area contributed by atoms with Crippen LogP contribution in [0.3, 0.4) is 0 Å². The smallest absolute Gasteiger partial charge is 0.255 e. The van der Waals surface area contributed by atoms with Gasteiger partial charge >= 0.3 is 0 Å². The van der Waals surface area contributed by atoms with E-state index in [1.165, 1.54) is 12.1 Å². The van der Waals surface area contributed by atoms with Gasteiger partial charge in [0, 0.05) is 30.5 Å². The van der Waals surface area contributed by atoms with E-state index >= 15 is 0 Å². The van der Waals surface area contributed by atoms with Crippen LogP contribution in [0.1, 0.15) is 10.4 Å². The highest BCUT2D eigenvalue weighted by molar-refractivity contribution is 6.04. The second kappa shape index (κ2) is 6.76. The van der Waals surface area contributed by atoms with E-state index in [1.807, 2.05) is 24.1 Å². The third kappa shape index (κ3) is 3.97. The van der Waals surface area contributed by atoms with Crippen molar-refractivity contribution in [2.75, 3.05) is 30.4 Å². The van der Waals surface area contributed by atoms with E-state index in [0.29, 0.717) is 17.8 Å². The van der Waals surface area contributed by atoms with E-state index in [1.54, 1.807) is 24.3 Å². The minimum absolute atomic E-state index is 0.0589. The fourth-order valence-electron chi connectivity index (χ4n) is 1.93. The Morgan fingerprint density at radius 1 is 1.19 bits per heavy atom. The number of carbonyl (C=O) groups is 1. The van der Waals surface area contributed by atoms with E-state index in [9.17, 15) is 9.90 Å². The van der Waals surface area contributed by atoms with Gasteiger partial charge in [0.05, 0.1) is 6.61 Å². The standard InChI is InChI=1S/C16H18N2O3/c1-18(9-10-19)14-7-5-13(6-8-14)17-16(21)12-3-2-4-15(20)11-12/h2-8,11,19-20H,9-10H2,1H3,(H,17,21). The summed E-state index contributed by atoms with van der Waals surface area (Å²) in [6.07, 6.45) is 0. The van der Waals surface area contributed by atoms with Gasteiger partial charge in [0.1, 0.15) is 5.75 Å². The summed E-state index contributed by atoms with van der Waals surface area (Å²) in [7, 11) is 1.89. The minimum atomic E-state index is -0.276. The van der Waals surface area contributed by atoms with Crippen LogP contribution in [0.5, 0.6) is 5.75 Å². The average molecular weight is 286 g/mol. The number of phenolic OH excluding ortho intramolecular Hbond substituents is 1. The number of rotatable bonds is 5. The number of likely N-dealkylation sites (N-methyl/N-ethyl adjacent to an activating group) is 1. The molecule has 0 aliphatic carbocycles. The van der Waals surface area contributed by atoms with Crippen molar-refractivity contribution >= 4 is 17.3 Å². The van der Waals surface area contributed by atoms with Gasteiger partial charge in [0.15, 0.2) is 0 Å². The molecule has 1 amide bonds. The van der Waals surface area contributed by atoms with Crippen molar-refractivity contribution in [2.24, 2.45) is 0 Å². The Kier molecular flexibility index (Phi) is 4.79. The summed E-state index contributed by atoms with van der Waals surface area (Å²) in [5.74, 6) is -0.217. The van der Waals surface area contributed by atoms with Crippen LogP contribution in [0.25, 0.3) is 0 Å². The fourth-order valence-corrected chi connectivity index (χ4v) is 1.93. The topological polar surface area (TPSA) is 72.8 Å². The summed E-state index contributed by atoms with van der Waals surface area (Å²) in [6, 6.07) is 13.5.